The molecule has 0 saturated carbocycles. The Hall–Kier alpha value is -2.92. The van der Waals surface area contributed by atoms with E-state index in [1.54, 1.807) is 31.6 Å². The summed E-state index contributed by atoms with van der Waals surface area (Å²) in [6, 6.07) is 6.62. The monoisotopic (exact) mass is 342 g/mol. The van der Waals surface area contributed by atoms with E-state index in [-0.39, 0.29) is 12.1 Å². The van der Waals surface area contributed by atoms with E-state index in [0.717, 1.165) is 12.0 Å². The quantitative estimate of drug-likeness (QED) is 0.752. The van der Waals surface area contributed by atoms with Crippen molar-refractivity contribution in [2.45, 2.75) is 32.9 Å². The third kappa shape index (κ3) is 5.02. The van der Waals surface area contributed by atoms with Gasteiger partial charge in [0.15, 0.2) is 5.82 Å². The molecule has 0 fully saturated rings. The largest absolute Gasteiger partial charge is 0.385 e. The van der Waals surface area contributed by atoms with Crippen molar-refractivity contribution in [3.05, 3.63) is 41.5 Å². The molecule has 0 aliphatic carbocycles. The zero-order valence-corrected chi connectivity index (χ0v) is 14.6. The van der Waals surface area contributed by atoms with Crippen LogP contribution in [0.1, 0.15) is 36.3 Å². The van der Waals surface area contributed by atoms with E-state index in [4.69, 9.17) is 10.00 Å². The number of ether oxygens (including phenoxy) is 1. The maximum absolute atomic E-state index is 12.2. The van der Waals surface area contributed by atoms with E-state index in [2.05, 4.69) is 26.9 Å². The Morgan fingerprint density at radius 3 is 3.00 bits per heavy atom. The number of nitriles is 1. The molecule has 0 radical (unpaired) electrons. The van der Waals surface area contributed by atoms with Crippen molar-refractivity contribution >= 4 is 11.7 Å². The number of carbonyl (C=O) groups is 1. The van der Waals surface area contributed by atoms with E-state index in [0.29, 0.717) is 30.2 Å². The molecule has 132 valence electrons. The number of urea groups is 1. The first-order chi connectivity index (χ1) is 12.0. The van der Waals surface area contributed by atoms with Crippen molar-refractivity contribution in [1.82, 2.24) is 20.1 Å². The van der Waals surface area contributed by atoms with Crippen molar-refractivity contribution in [3.8, 4) is 6.07 Å². The molecule has 2 N–H and O–H groups in total. The Kier molecular flexibility index (Phi) is 6.48. The van der Waals surface area contributed by atoms with Crippen molar-refractivity contribution < 1.29 is 9.53 Å². The molecule has 0 unspecified atom stereocenters. The van der Waals surface area contributed by atoms with Gasteiger partial charge in [-0.1, -0.05) is 6.07 Å². The van der Waals surface area contributed by atoms with Gasteiger partial charge >= 0.3 is 6.03 Å². The summed E-state index contributed by atoms with van der Waals surface area (Å²) in [5.74, 6) is 0.674. The fourth-order valence-corrected chi connectivity index (χ4v) is 2.40. The fourth-order valence-electron chi connectivity index (χ4n) is 2.40. The SMILES string of the molecule is COCCCn1cnnc1[C@H](C)NC(=O)Nc1ccc(C)c(C#N)c1. The summed E-state index contributed by atoms with van der Waals surface area (Å²) < 4.78 is 6.93. The van der Waals surface area contributed by atoms with Crippen molar-refractivity contribution in [2.75, 3.05) is 19.0 Å². The highest BCUT2D eigenvalue weighted by Gasteiger charge is 2.16. The normalized spacial score (nSPS) is 11.6. The minimum atomic E-state index is -0.369. The highest BCUT2D eigenvalue weighted by Crippen LogP contribution is 2.15. The van der Waals surface area contributed by atoms with Gasteiger partial charge in [-0.2, -0.15) is 5.26 Å². The minimum absolute atomic E-state index is 0.314. The van der Waals surface area contributed by atoms with Crippen LogP contribution in [0.3, 0.4) is 0 Å². The molecule has 8 heteroatoms. The average molecular weight is 342 g/mol. The first kappa shape index (κ1) is 18.4. The smallest absolute Gasteiger partial charge is 0.319 e. The number of benzene rings is 1. The number of aryl methyl sites for hydroxylation is 2. The number of rotatable bonds is 7. The summed E-state index contributed by atoms with van der Waals surface area (Å²) in [6.07, 6.45) is 2.47. The topological polar surface area (TPSA) is 105 Å². The summed E-state index contributed by atoms with van der Waals surface area (Å²) in [7, 11) is 1.66. The molecule has 0 saturated heterocycles. The summed E-state index contributed by atoms with van der Waals surface area (Å²) in [5, 5.41) is 22.6. The van der Waals surface area contributed by atoms with Gasteiger partial charge in [-0.05, 0) is 38.0 Å². The van der Waals surface area contributed by atoms with Crippen LogP contribution >= 0.6 is 0 Å². The van der Waals surface area contributed by atoms with Gasteiger partial charge in [0.1, 0.15) is 6.33 Å². The van der Waals surface area contributed by atoms with Crippen LogP contribution < -0.4 is 10.6 Å². The van der Waals surface area contributed by atoms with Gasteiger partial charge in [-0.25, -0.2) is 4.79 Å². The van der Waals surface area contributed by atoms with E-state index in [1.807, 2.05) is 18.4 Å². The number of carbonyl (C=O) groups excluding carboxylic acids is 1. The lowest BCUT2D eigenvalue weighted by atomic mass is 10.1. The first-order valence-electron chi connectivity index (χ1n) is 8.00. The molecule has 1 atom stereocenters. The van der Waals surface area contributed by atoms with E-state index in [1.165, 1.54) is 0 Å². The molecule has 1 aromatic heterocycles. The van der Waals surface area contributed by atoms with Crippen molar-refractivity contribution in [2.24, 2.45) is 0 Å². The van der Waals surface area contributed by atoms with Crippen LogP contribution in [0.2, 0.25) is 0 Å². The van der Waals surface area contributed by atoms with Gasteiger partial charge in [0.2, 0.25) is 0 Å². The molecule has 0 aliphatic heterocycles. The number of nitrogens with zero attached hydrogens (tertiary/aromatic N) is 4. The summed E-state index contributed by atoms with van der Waals surface area (Å²) in [5.41, 5.74) is 1.96. The second-order valence-electron chi connectivity index (χ2n) is 5.69. The van der Waals surface area contributed by atoms with Crippen molar-refractivity contribution in [3.63, 3.8) is 0 Å². The van der Waals surface area contributed by atoms with Gasteiger partial charge in [0.25, 0.3) is 0 Å². The molecule has 2 amide bonds. The highest BCUT2D eigenvalue weighted by molar-refractivity contribution is 5.89. The predicted octanol–water partition coefficient (Wildman–Crippen LogP) is 2.38. The first-order valence-corrected chi connectivity index (χ1v) is 8.00. The second kappa shape index (κ2) is 8.80. The molecule has 0 aliphatic rings. The van der Waals surface area contributed by atoms with Crippen LogP contribution in [0.5, 0.6) is 0 Å². The standard InChI is InChI=1S/C17H22N6O2/c1-12-5-6-15(9-14(12)10-18)21-17(24)20-13(2)16-22-19-11-23(16)7-4-8-25-3/h5-6,9,11,13H,4,7-8H2,1-3H3,(H2,20,21,24)/t13-/m0/s1. The molecule has 1 heterocycles. The van der Waals surface area contributed by atoms with Gasteiger partial charge in [0, 0.05) is 25.9 Å². The van der Waals surface area contributed by atoms with Crippen LogP contribution in [-0.4, -0.2) is 34.5 Å². The molecular weight excluding hydrogens is 320 g/mol. The molecule has 0 spiro atoms. The molecule has 0 bridgehead atoms. The second-order valence-corrected chi connectivity index (χ2v) is 5.69. The van der Waals surface area contributed by atoms with E-state index in [9.17, 15) is 4.79 Å². The average Bonchev–Trinajstić information content (AvgIpc) is 3.05. The Balaban J connectivity index is 1.96. The van der Waals surface area contributed by atoms with Gasteiger partial charge in [-0.15, -0.1) is 10.2 Å². The van der Waals surface area contributed by atoms with Gasteiger partial charge in [0.05, 0.1) is 17.7 Å². The van der Waals surface area contributed by atoms with Crippen LogP contribution in [0, 0.1) is 18.3 Å². The molecule has 2 rings (SSSR count). The third-order valence-electron chi connectivity index (χ3n) is 3.74. The number of aromatic nitrogens is 3. The van der Waals surface area contributed by atoms with Crippen LogP contribution in [0.4, 0.5) is 10.5 Å². The summed E-state index contributed by atoms with van der Waals surface area (Å²) >= 11 is 0. The zero-order chi connectivity index (χ0) is 18.2. The lowest BCUT2D eigenvalue weighted by Gasteiger charge is -2.15. The number of hydrogen-bond acceptors (Lipinski definition) is 5. The minimum Gasteiger partial charge on any atom is -0.385 e. The Labute approximate surface area is 146 Å². The summed E-state index contributed by atoms with van der Waals surface area (Å²) in [4.78, 5) is 12.2. The van der Waals surface area contributed by atoms with Crippen LogP contribution in [0.25, 0.3) is 0 Å². The van der Waals surface area contributed by atoms with Crippen LogP contribution in [-0.2, 0) is 11.3 Å². The van der Waals surface area contributed by atoms with Gasteiger partial charge < -0.3 is 19.9 Å². The predicted molar refractivity (Wildman–Crippen MR) is 93.0 cm³/mol. The van der Waals surface area contributed by atoms with E-state index >= 15 is 0 Å². The van der Waals surface area contributed by atoms with Crippen LogP contribution in [0.15, 0.2) is 24.5 Å². The third-order valence-corrected chi connectivity index (χ3v) is 3.74. The van der Waals surface area contributed by atoms with E-state index < -0.39 is 0 Å². The molecular formula is C17H22N6O2. The van der Waals surface area contributed by atoms with Crippen molar-refractivity contribution in [1.29, 1.82) is 5.26 Å². The Bertz CT molecular complexity index is 765. The number of methoxy groups -OCH3 is 1. The molecule has 8 nitrogen and oxygen atoms in total. The molecule has 25 heavy (non-hydrogen) atoms. The number of nitrogens with one attached hydrogen (secondary N) is 2. The molecule has 1 aromatic carbocycles. The Morgan fingerprint density at radius 1 is 1.48 bits per heavy atom. The molecule has 2 aromatic rings. The maximum Gasteiger partial charge on any atom is 0.319 e. The highest BCUT2D eigenvalue weighted by atomic mass is 16.5. The Morgan fingerprint density at radius 2 is 2.28 bits per heavy atom. The fraction of sp³-hybridized carbons (Fsp3) is 0.412. The summed E-state index contributed by atoms with van der Waals surface area (Å²) in [6.45, 7) is 5.05. The number of hydrogen-bond donors (Lipinski definition) is 2. The number of anilines is 1. The lowest BCUT2D eigenvalue weighted by molar-refractivity contribution is 0.189. The van der Waals surface area contributed by atoms with Gasteiger partial charge in [-0.3, -0.25) is 0 Å². The zero-order valence-electron chi connectivity index (χ0n) is 14.6. The number of amides is 2. The maximum atomic E-state index is 12.2. The lowest BCUT2D eigenvalue weighted by Crippen LogP contribution is -2.32.